The molecule has 1 aromatic heterocycles. The molecule has 0 bridgehead atoms. The van der Waals surface area contributed by atoms with E-state index >= 15 is 0 Å². The lowest BCUT2D eigenvalue weighted by Crippen LogP contribution is -2.38. The molecule has 1 aliphatic carbocycles. The molecule has 0 radical (unpaired) electrons. The Balaban J connectivity index is 1.45. The van der Waals surface area contributed by atoms with Crippen LogP contribution in [-0.2, 0) is 0 Å². The molecule has 0 unspecified atom stereocenters. The number of aryl methyl sites for hydroxylation is 2. The van der Waals surface area contributed by atoms with Crippen LogP contribution in [-0.4, -0.2) is 42.6 Å². The van der Waals surface area contributed by atoms with E-state index in [1.807, 2.05) is 63.2 Å². The van der Waals surface area contributed by atoms with E-state index in [1.165, 1.54) is 5.56 Å². The summed E-state index contributed by atoms with van der Waals surface area (Å²) in [5, 5.41) is 6.59. The van der Waals surface area contributed by atoms with E-state index in [-0.39, 0.29) is 11.9 Å². The third-order valence-corrected chi connectivity index (χ3v) is 5.34. The zero-order valence-corrected chi connectivity index (χ0v) is 17.3. The number of carbonyl (C=O) groups excluding carboxylic acids is 1. The summed E-state index contributed by atoms with van der Waals surface area (Å²) < 4.78 is 0. The van der Waals surface area contributed by atoms with Crippen LogP contribution >= 0.6 is 0 Å². The Bertz CT molecular complexity index is 795. The van der Waals surface area contributed by atoms with E-state index in [9.17, 15) is 4.79 Å². The lowest BCUT2D eigenvalue weighted by Gasteiger charge is -2.29. The number of anilines is 2. The predicted octanol–water partition coefficient (Wildman–Crippen LogP) is 3.56. The van der Waals surface area contributed by atoms with Crippen LogP contribution in [0.25, 0.3) is 0 Å². The van der Waals surface area contributed by atoms with Crippen LogP contribution in [0.3, 0.4) is 0 Å². The van der Waals surface area contributed by atoms with Crippen LogP contribution in [0, 0.1) is 19.8 Å². The molecule has 1 aliphatic rings. The normalized spacial score (nSPS) is 19.1. The molecule has 1 heterocycles. The monoisotopic (exact) mass is 381 g/mol. The number of hydrogen-bond donors (Lipinski definition) is 2. The molecule has 28 heavy (non-hydrogen) atoms. The zero-order chi connectivity index (χ0) is 20.1. The Morgan fingerprint density at radius 2 is 1.75 bits per heavy atom. The summed E-state index contributed by atoms with van der Waals surface area (Å²) in [6.45, 7) is 4.89. The van der Waals surface area contributed by atoms with Gasteiger partial charge in [-0.2, -0.15) is 4.98 Å². The molecule has 6 heteroatoms. The number of aromatic nitrogens is 2. The van der Waals surface area contributed by atoms with Crippen LogP contribution in [0.5, 0.6) is 0 Å². The van der Waals surface area contributed by atoms with Gasteiger partial charge in [0.2, 0.25) is 5.95 Å². The second-order valence-corrected chi connectivity index (χ2v) is 8.02. The van der Waals surface area contributed by atoms with Crippen LogP contribution in [0.15, 0.2) is 30.3 Å². The van der Waals surface area contributed by atoms with Gasteiger partial charge in [-0.3, -0.25) is 4.79 Å². The first kappa shape index (κ1) is 20.1. The molecule has 0 saturated heterocycles. The number of nitrogens with zero attached hydrogens (tertiary/aromatic N) is 3. The Kier molecular flexibility index (Phi) is 6.49. The van der Waals surface area contributed by atoms with Gasteiger partial charge in [0.05, 0.1) is 0 Å². The van der Waals surface area contributed by atoms with Gasteiger partial charge < -0.3 is 15.5 Å². The largest absolute Gasteiger partial charge is 0.363 e. The summed E-state index contributed by atoms with van der Waals surface area (Å²) in [5.41, 5.74) is 2.87. The Morgan fingerprint density at radius 3 is 2.39 bits per heavy atom. The minimum Gasteiger partial charge on any atom is -0.363 e. The molecule has 6 nitrogen and oxygen atoms in total. The van der Waals surface area contributed by atoms with Crippen molar-refractivity contribution < 1.29 is 4.79 Å². The van der Waals surface area contributed by atoms with Crippen molar-refractivity contribution in [2.45, 2.75) is 45.6 Å². The Morgan fingerprint density at radius 1 is 1.07 bits per heavy atom. The van der Waals surface area contributed by atoms with Gasteiger partial charge in [0.15, 0.2) is 0 Å². The van der Waals surface area contributed by atoms with Gasteiger partial charge >= 0.3 is 0 Å². The van der Waals surface area contributed by atoms with Crippen molar-refractivity contribution in [1.29, 1.82) is 0 Å². The van der Waals surface area contributed by atoms with Crippen molar-refractivity contribution in [1.82, 2.24) is 15.3 Å². The predicted molar refractivity (Wildman–Crippen MR) is 114 cm³/mol. The van der Waals surface area contributed by atoms with Crippen molar-refractivity contribution in [3.05, 3.63) is 47.2 Å². The molecular weight excluding hydrogens is 350 g/mol. The van der Waals surface area contributed by atoms with Crippen LogP contribution in [0.2, 0.25) is 0 Å². The smallest absolute Gasteiger partial charge is 0.251 e. The summed E-state index contributed by atoms with van der Waals surface area (Å²) in [7, 11) is 3.97. The number of hydrogen-bond acceptors (Lipinski definition) is 5. The molecule has 0 aliphatic heterocycles. The number of nitrogens with one attached hydrogen (secondary N) is 2. The number of benzene rings is 1. The first-order chi connectivity index (χ1) is 13.4. The highest BCUT2D eigenvalue weighted by Gasteiger charge is 2.23. The number of rotatable bonds is 6. The van der Waals surface area contributed by atoms with E-state index in [4.69, 9.17) is 0 Å². The van der Waals surface area contributed by atoms with Gasteiger partial charge in [-0.1, -0.05) is 17.7 Å². The maximum atomic E-state index is 12.4. The molecule has 150 valence electrons. The van der Waals surface area contributed by atoms with Gasteiger partial charge in [-0.15, -0.1) is 0 Å². The van der Waals surface area contributed by atoms with Gasteiger partial charge in [0, 0.05) is 44.0 Å². The van der Waals surface area contributed by atoms with Crippen molar-refractivity contribution in [2.75, 3.05) is 30.9 Å². The topological polar surface area (TPSA) is 70.2 Å². The molecule has 2 aromatic rings. The average molecular weight is 382 g/mol. The Labute approximate surface area is 167 Å². The van der Waals surface area contributed by atoms with Gasteiger partial charge in [-0.05, 0) is 57.6 Å². The fraction of sp³-hybridized carbons (Fsp3) is 0.500. The number of amides is 1. The quantitative estimate of drug-likeness (QED) is 0.801. The van der Waals surface area contributed by atoms with E-state index in [0.717, 1.165) is 49.3 Å². The van der Waals surface area contributed by atoms with Crippen LogP contribution < -0.4 is 15.5 Å². The second kappa shape index (κ2) is 9.04. The minimum atomic E-state index is 0.0333. The standard InChI is InChI=1S/C22H31N5O/c1-15-5-9-18(10-6-15)21(28)25-19-11-7-17(8-12-19)14-23-22-24-16(2)13-20(26-22)27(3)4/h5-6,9-10,13,17,19H,7-8,11-12,14H2,1-4H3,(H,25,28)(H,23,24,26). The molecule has 1 aromatic carbocycles. The maximum Gasteiger partial charge on any atom is 0.251 e. The fourth-order valence-electron chi connectivity index (χ4n) is 3.58. The van der Waals surface area contributed by atoms with E-state index in [0.29, 0.717) is 11.9 Å². The maximum absolute atomic E-state index is 12.4. The highest BCUT2D eigenvalue weighted by molar-refractivity contribution is 5.94. The second-order valence-electron chi connectivity index (χ2n) is 8.02. The highest BCUT2D eigenvalue weighted by Crippen LogP contribution is 2.25. The molecule has 0 atom stereocenters. The summed E-state index contributed by atoms with van der Waals surface area (Å²) >= 11 is 0. The average Bonchev–Trinajstić information content (AvgIpc) is 2.67. The fourth-order valence-corrected chi connectivity index (χ4v) is 3.58. The molecule has 1 fully saturated rings. The van der Waals surface area contributed by atoms with Crippen molar-refractivity contribution in [2.24, 2.45) is 5.92 Å². The Hall–Kier alpha value is -2.63. The van der Waals surface area contributed by atoms with Crippen molar-refractivity contribution >= 4 is 17.7 Å². The molecule has 1 amide bonds. The van der Waals surface area contributed by atoms with E-state index in [1.54, 1.807) is 0 Å². The lowest BCUT2D eigenvalue weighted by molar-refractivity contribution is 0.0922. The van der Waals surface area contributed by atoms with E-state index < -0.39 is 0 Å². The van der Waals surface area contributed by atoms with Gasteiger partial charge in [0.1, 0.15) is 5.82 Å². The van der Waals surface area contributed by atoms with Crippen molar-refractivity contribution in [3.8, 4) is 0 Å². The summed E-state index contributed by atoms with van der Waals surface area (Å²) in [5.74, 6) is 2.22. The molecular formula is C22H31N5O. The first-order valence-corrected chi connectivity index (χ1v) is 10.0. The minimum absolute atomic E-state index is 0.0333. The number of carbonyl (C=O) groups is 1. The molecule has 0 spiro atoms. The summed E-state index contributed by atoms with van der Waals surface area (Å²) in [6.07, 6.45) is 4.22. The SMILES string of the molecule is Cc1ccc(C(=O)NC2CCC(CNc3nc(C)cc(N(C)C)n3)CC2)cc1. The summed E-state index contributed by atoms with van der Waals surface area (Å²) in [4.78, 5) is 23.4. The highest BCUT2D eigenvalue weighted by atomic mass is 16.1. The zero-order valence-electron chi connectivity index (χ0n) is 17.3. The van der Waals surface area contributed by atoms with Crippen LogP contribution in [0.1, 0.15) is 47.3 Å². The molecule has 1 saturated carbocycles. The summed E-state index contributed by atoms with van der Waals surface area (Å²) in [6, 6.07) is 9.99. The van der Waals surface area contributed by atoms with Gasteiger partial charge in [-0.25, -0.2) is 4.98 Å². The van der Waals surface area contributed by atoms with E-state index in [2.05, 4.69) is 20.6 Å². The third-order valence-electron chi connectivity index (χ3n) is 5.34. The third kappa shape index (κ3) is 5.44. The van der Waals surface area contributed by atoms with Gasteiger partial charge in [0.25, 0.3) is 5.91 Å². The molecule has 3 rings (SSSR count). The first-order valence-electron chi connectivity index (χ1n) is 10.0. The lowest BCUT2D eigenvalue weighted by atomic mass is 9.86. The van der Waals surface area contributed by atoms with Crippen LogP contribution in [0.4, 0.5) is 11.8 Å². The molecule has 2 N–H and O–H groups in total. The van der Waals surface area contributed by atoms with Crippen molar-refractivity contribution in [3.63, 3.8) is 0 Å².